The largest absolute Gasteiger partial charge is 0.511 e. The highest BCUT2D eigenvalue weighted by Crippen LogP contribution is 2.43. The zero-order valence-corrected chi connectivity index (χ0v) is 23.8. The lowest BCUT2D eigenvalue weighted by Crippen LogP contribution is -2.60. The molecule has 0 radical (unpaired) electrons. The van der Waals surface area contributed by atoms with Crippen LogP contribution in [0, 0.1) is 0 Å². The summed E-state index contributed by atoms with van der Waals surface area (Å²) < 4.78 is 58.8. The summed E-state index contributed by atoms with van der Waals surface area (Å²) in [6, 6.07) is 13.5. The summed E-state index contributed by atoms with van der Waals surface area (Å²) in [5.41, 5.74) is 1.46. The molecule has 2 atom stereocenters. The van der Waals surface area contributed by atoms with Crippen LogP contribution in [0.4, 0.5) is 18.0 Å². The van der Waals surface area contributed by atoms with Crippen molar-refractivity contribution in [2.45, 2.75) is 55.8 Å². The fraction of sp³-hybridized carbons (Fsp3) is 0.345. The number of hydrogen-bond acceptors (Lipinski definition) is 8. The van der Waals surface area contributed by atoms with Crippen molar-refractivity contribution >= 4 is 23.8 Å². The summed E-state index contributed by atoms with van der Waals surface area (Å²) in [4.78, 5) is 40.1. The second-order valence-electron chi connectivity index (χ2n) is 10.0. The van der Waals surface area contributed by atoms with Gasteiger partial charge in [0, 0.05) is 22.9 Å². The molecule has 0 aliphatic carbocycles. The minimum Gasteiger partial charge on any atom is -0.451 e. The number of benzene rings is 2. The van der Waals surface area contributed by atoms with Crippen molar-refractivity contribution < 1.29 is 37.0 Å². The number of nitrogens with zero attached hydrogens (tertiary/aromatic N) is 3. The van der Waals surface area contributed by atoms with Gasteiger partial charge in [-0.3, -0.25) is 19.3 Å². The molecule has 0 spiro atoms. The summed E-state index contributed by atoms with van der Waals surface area (Å²) >= 11 is 1.61. The van der Waals surface area contributed by atoms with Gasteiger partial charge in [-0.2, -0.15) is 13.2 Å². The highest BCUT2D eigenvalue weighted by atomic mass is 32.2. The first-order chi connectivity index (χ1) is 20.0. The van der Waals surface area contributed by atoms with Crippen LogP contribution in [0.2, 0.25) is 0 Å². The minimum absolute atomic E-state index is 0.419. The number of aromatic nitrogens is 1. The van der Waals surface area contributed by atoms with Crippen molar-refractivity contribution in [2.75, 3.05) is 18.5 Å². The molecule has 2 aliphatic rings. The van der Waals surface area contributed by atoms with Gasteiger partial charge in [-0.05, 0) is 43.5 Å². The molecule has 13 heteroatoms. The third-order valence-electron chi connectivity index (χ3n) is 6.97. The molecule has 9 nitrogen and oxygen atoms in total. The Balaban J connectivity index is 1.66. The van der Waals surface area contributed by atoms with Crippen LogP contribution in [-0.4, -0.2) is 53.4 Å². The average molecular weight is 604 g/mol. The summed E-state index contributed by atoms with van der Waals surface area (Å²) in [5, 5.41) is 1.61. The Hall–Kier alpha value is -4.13. The van der Waals surface area contributed by atoms with Crippen LogP contribution in [0.1, 0.15) is 54.0 Å². The van der Waals surface area contributed by atoms with Crippen LogP contribution in [0.25, 0.3) is 0 Å². The molecular formula is C29H28F3N3O6S. The fourth-order valence-electron chi connectivity index (χ4n) is 4.94. The van der Waals surface area contributed by atoms with E-state index in [-0.39, 0.29) is 0 Å². The lowest BCUT2D eigenvalue weighted by Gasteiger charge is -2.46. The Labute approximate surface area is 243 Å². The molecule has 0 bridgehead atoms. The molecule has 1 amide bonds. The standard InChI is InChI=1S/C29H28F3N3O6S/c1-17(2)41-28(38)40-16-39-26-22(36)12-13-34-25(26)27(37)33(18(3)29(30,31)32)15-35(34)24-20-9-5-4-8-19(20)14-42-23-11-7-6-10-21(23)24/h4-13,17-18,24H,14-16H2,1-3H3/t18-,24+/m1/s1. The fourth-order valence-corrected chi connectivity index (χ4v) is 6.04. The second-order valence-corrected chi connectivity index (χ2v) is 11.0. The van der Waals surface area contributed by atoms with Gasteiger partial charge in [0.05, 0.1) is 12.1 Å². The Kier molecular flexibility index (Phi) is 8.13. The molecule has 42 heavy (non-hydrogen) atoms. The van der Waals surface area contributed by atoms with Gasteiger partial charge >= 0.3 is 12.3 Å². The van der Waals surface area contributed by atoms with Crippen molar-refractivity contribution in [3.8, 4) is 5.75 Å². The lowest BCUT2D eigenvalue weighted by atomic mass is 9.94. The maximum Gasteiger partial charge on any atom is 0.511 e. The van der Waals surface area contributed by atoms with E-state index in [0.717, 1.165) is 34.6 Å². The monoisotopic (exact) mass is 603 g/mol. The van der Waals surface area contributed by atoms with Crippen LogP contribution in [0.5, 0.6) is 5.75 Å². The Morgan fingerprint density at radius 3 is 2.43 bits per heavy atom. The third-order valence-corrected chi connectivity index (χ3v) is 8.11. The molecule has 3 heterocycles. The normalized spacial score (nSPS) is 17.1. The van der Waals surface area contributed by atoms with Crippen molar-refractivity contribution in [1.29, 1.82) is 0 Å². The van der Waals surface area contributed by atoms with Gasteiger partial charge in [-0.25, -0.2) is 4.79 Å². The zero-order valence-electron chi connectivity index (χ0n) is 23.0. The number of fused-ring (bicyclic) bond motifs is 3. The number of carbonyl (C=O) groups excluding carboxylic acids is 2. The van der Waals surface area contributed by atoms with Gasteiger partial charge < -0.3 is 19.1 Å². The number of carbonyl (C=O) groups is 2. The average Bonchev–Trinajstić information content (AvgIpc) is 3.10. The van der Waals surface area contributed by atoms with E-state index in [1.165, 1.54) is 10.9 Å². The summed E-state index contributed by atoms with van der Waals surface area (Å²) in [7, 11) is 0. The summed E-state index contributed by atoms with van der Waals surface area (Å²) in [6.07, 6.45) is -4.96. The Morgan fingerprint density at radius 2 is 1.71 bits per heavy atom. The molecule has 2 aromatic carbocycles. The number of pyridine rings is 1. The first kappa shape index (κ1) is 29.4. The van der Waals surface area contributed by atoms with Crippen LogP contribution in [0.3, 0.4) is 0 Å². The number of hydrogen-bond donors (Lipinski definition) is 0. The number of amides is 1. The van der Waals surface area contributed by atoms with Crippen molar-refractivity contribution in [2.24, 2.45) is 0 Å². The molecule has 0 unspecified atom stereocenters. The topological polar surface area (TPSA) is 90.3 Å². The number of halogens is 3. The summed E-state index contributed by atoms with van der Waals surface area (Å²) in [5.74, 6) is -0.972. The quantitative estimate of drug-likeness (QED) is 0.272. The van der Waals surface area contributed by atoms with Crippen molar-refractivity contribution in [1.82, 2.24) is 9.58 Å². The van der Waals surface area contributed by atoms with Gasteiger partial charge in [0.1, 0.15) is 12.7 Å². The third kappa shape index (κ3) is 5.65. The van der Waals surface area contributed by atoms with Gasteiger partial charge in [-0.15, -0.1) is 11.8 Å². The minimum atomic E-state index is -4.75. The van der Waals surface area contributed by atoms with E-state index >= 15 is 0 Å². The zero-order chi connectivity index (χ0) is 30.2. The van der Waals surface area contributed by atoms with Crippen LogP contribution >= 0.6 is 11.8 Å². The number of thioether (sulfide) groups is 1. The number of ether oxygens (including phenoxy) is 3. The lowest BCUT2D eigenvalue weighted by molar-refractivity contribution is -0.173. The maximum atomic E-state index is 14.1. The van der Waals surface area contributed by atoms with Crippen LogP contribution < -0.4 is 15.2 Å². The van der Waals surface area contributed by atoms with Gasteiger partial charge in [0.15, 0.2) is 5.69 Å². The van der Waals surface area contributed by atoms with Crippen molar-refractivity contribution in [3.63, 3.8) is 0 Å². The molecule has 222 valence electrons. The highest BCUT2D eigenvalue weighted by Gasteiger charge is 2.47. The summed E-state index contributed by atoms with van der Waals surface area (Å²) in [6.45, 7) is 2.86. The van der Waals surface area contributed by atoms with E-state index < -0.39 is 66.8 Å². The Morgan fingerprint density at radius 1 is 1.02 bits per heavy atom. The Bertz CT molecular complexity index is 1510. The van der Waals surface area contributed by atoms with Crippen LogP contribution in [-0.2, 0) is 15.2 Å². The molecule has 0 saturated carbocycles. The van der Waals surface area contributed by atoms with Crippen LogP contribution in [0.15, 0.2) is 70.5 Å². The first-order valence-corrected chi connectivity index (χ1v) is 14.1. The predicted octanol–water partition coefficient (Wildman–Crippen LogP) is 5.44. The molecule has 3 aromatic rings. The number of rotatable bonds is 6. The molecule has 0 fully saturated rings. The van der Waals surface area contributed by atoms with E-state index in [1.54, 1.807) is 30.6 Å². The number of alkyl halides is 3. The maximum absolute atomic E-state index is 14.1. The molecule has 5 rings (SSSR count). The van der Waals surface area contributed by atoms with E-state index in [0.29, 0.717) is 10.7 Å². The van der Waals surface area contributed by atoms with E-state index in [9.17, 15) is 27.6 Å². The highest BCUT2D eigenvalue weighted by molar-refractivity contribution is 7.98. The van der Waals surface area contributed by atoms with Gasteiger partial charge in [0.2, 0.25) is 18.0 Å². The second kappa shape index (κ2) is 11.6. The molecular weight excluding hydrogens is 575 g/mol. The van der Waals surface area contributed by atoms with E-state index in [4.69, 9.17) is 14.2 Å². The SMILES string of the molecule is CC(C)OC(=O)OCOc1c2n(ccc1=O)N([C@H]1c3ccccc3CSc3ccccc31)CN([C@H](C)C(F)(F)F)C2=O. The molecule has 0 N–H and O–H groups in total. The van der Waals surface area contributed by atoms with E-state index in [1.807, 2.05) is 48.5 Å². The first-order valence-electron chi connectivity index (χ1n) is 13.1. The molecule has 2 aliphatic heterocycles. The van der Waals surface area contributed by atoms with E-state index in [2.05, 4.69) is 0 Å². The molecule has 1 aromatic heterocycles. The van der Waals surface area contributed by atoms with Crippen molar-refractivity contribution in [3.05, 3.63) is 93.4 Å². The smallest absolute Gasteiger partial charge is 0.451 e. The molecule has 0 saturated heterocycles. The van der Waals surface area contributed by atoms with Gasteiger partial charge in [0.25, 0.3) is 5.91 Å². The van der Waals surface area contributed by atoms with Gasteiger partial charge in [-0.1, -0.05) is 42.5 Å². The predicted molar refractivity (Wildman–Crippen MR) is 148 cm³/mol.